The van der Waals surface area contributed by atoms with E-state index in [0.29, 0.717) is 25.0 Å². The zero-order chi connectivity index (χ0) is 26.7. The number of pyridine rings is 1. The molecular weight excluding hydrogens is 513 g/mol. The molecule has 1 saturated carbocycles. The van der Waals surface area contributed by atoms with Crippen LogP contribution in [-0.4, -0.2) is 50.2 Å². The second-order valence-electron chi connectivity index (χ2n) is 9.99. The van der Waals surface area contributed by atoms with Gasteiger partial charge in [0, 0.05) is 31.4 Å². The smallest absolute Gasteiger partial charge is 0.341 e. The summed E-state index contributed by atoms with van der Waals surface area (Å²) in [5, 5.41) is 12.6. The van der Waals surface area contributed by atoms with Gasteiger partial charge in [-0.1, -0.05) is 23.7 Å². The van der Waals surface area contributed by atoms with Gasteiger partial charge in [-0.2, -0.15) is 0 Å². The molecular formula is C27H25ClFN5O4. The molecule has 38 heavy (non-hydrogen) atoms. The molecule has 0 bridgehead atoms. The van der Waals surface area contributed by atoms with Crippen LogP contribution in [0, 0.1) is 5.82 Å². The monoisotopic (exact) mass is 537 g/mol. The van der Waals surface area contributed by atoms with Gasteiger partial charge in [-0.3, -0.25) is 9.59 Å². The Balaban J connectivity index is 1.27. The summed E-state index contributed by atoms with van der Waals surface area (Å²) in [6, 6.07) is 7.96. The Hall–Kier alpha value is -3.92. The SMILES string of the molecule is CC(C(=O)NC1CCN(c2c(F)cc3c(=O)c(C(=O)O)cn(C4CC4)c3c2Cl)C1)n1cnc2ccccc21. The Kier molecular flexibility index (Phi) is 5.86. The summed E-state index contributed by atoms with van der Waals surface area (Å²) in [4.78, 5) is 43.7. The summed E-state index contributed by atoms with van der Waals surface area (Å²) in [5.74, 6) is -2.23. The van der Waals surface area contributed by atoms with Crippen LogP contribution in [-0.2, 0) is 4.79 Å². The van der Waals surface area contributed by atoms with Crippen LogP contribution in [0.3, 0.4) is 0 Å². The van der Waals surface area contributed by atoms with Gasteiger partial charge in [-0.05, 0) is 44.4 Å². The molecule has 1 saturated heterocycles. The van der Waals surface area contributed by atoms with Crippen molar-refractivity contribution >= 4 is 51.1 Å². The summed E-state index contributed by atoms with van der Waals surface area (Å²) in [5.41, 5.74) is 0.998. The number of amides is 1. The molecule has 11 heteroatoms. The molecule has 4 aromatic rings. The number of benzene rings is 2. The zero-order valence-electron chi connectivity index (χ0n) is 20.5. The number of carboxylic acids is 1. The number of anilines is 1. The molecule has 0 spiro atoms. The van der Waals surface area contributed by atoms with Crippen LogP contribution >= 0.6 is 11.6 Å². The Morgan fingerprint density at radius 3 is 2.74 bits per heavy atom. The first-order valence-electron chi connectivity index (χ1n) is 12.5. The highest BCUT2D eigenvalue weighted by Gasteiger charge is 2.33. The maximum atomic E-state index is 15.4. The molecule has 1 aliphatic carbocycles. The minimum atomic E-state index is -1.36. The van der Waals surface area contributed by atoms with E-state index >= 15 is 4.39 Å². The maximum Gasteiger partial charge on any atom is 0.341 e. The average Bonchev–Trinajstić information content (AvgIpc) is 3.49. The number of aromatic carboxylic acids is 1. The standard InChI is InChI=1S/C27H25ClFN5O4/c1-14(34-13-30-20-4-2-3-5-21(20)34)26(36)31-15-8-9-32(11-15)24-19(29)10-17-23(22(24)28)33(16-6-7-16)12-18(25(17)35)27(37)38/h2-5,10,12-16H,6-9,11H2,1H3,(H,31,36)(H,37,38). The predicted octanol–water partition coefficient (Wildman–Crippen LogP) is 4.13. The molecule has 196 valence electrons. The molecule has 1 aliphatic heterocycles. The molecule has 2 N–H and O–H groups in total. The number of carbonyl (C=O) groups is 2. The van der Waals surface area contributed by atoms with E-state index in [2.05, 4.69) is 10.3 Å². The van der Waals surface area contributed by atoms with Crippen molar-refractivity contribution in [3.8, 4) is 0 Å². The number of carbonyl (C=O) groups excluding carboxylic acids is 1. The largest absolute Gasteiger partial charge is 0.477 e. The van der Waals surface area contributed by atoms with Crippen molar-refractivity contribution in [2.75, 3.05) is 18.0 Å². The van der Waals surface area contributed by atoms with Crippen LogP contribution in [0.1, 0.15) is 48.6 Å². The summed E-state index contributed by atoms with van der Waals surface area (Å²) >= 11 is 6.75. The Morgan fingerprint density at radius 2 is 2.00 bits per heavy atom. The average molecular weight is 538 g/mol. The van der Waals surface area contributed by atoms with Gasteiger partial charge in [-0.25, -0.2) is 14.2 Å². The van der Waals surface area contributed by atoms with Gasteiger partial charge in [-0.15, -0.1) is 0 Å². The van der Waals surface area contributed by atoms with Gasteiger partial charge in [0.05, 0.1) is 39.0 Å². The minimum absolute atomic E-state index is 0.0124. The van der Waals surface area contributed by atoms with Crippen LogP contribution in [0.15, 0.2) is 47.7 Å². The summed E-state index contributed by atoms with van der Waals surface area (Å²) < 4.78 is 18.9. The number of imidazole rings is 1. The summed E-state index contributed by atoms with van der Waals surface area (Å²) in [6.45, 7) is 2.60. The Bertz CT molecular complexity index is 1680. The van der Waals surface area contributed by atoms with Gasteiger partial charge in [0.2, 0.25) is 11.3 Å². The lowest BCUT2D eigenvalue weighted by Crippen LogP contribution is -2.40. The number of carboxylic acid groups (broad SMARTS) is 1. The van der Waals surface area contributed by atoms with E-state index < -0.39 is 28.8 Å². The van der Waals surface area contributed by atoms with E-state index in [-0.39, 0.29) is 34.1 Å². The third-order valence-corrected chi connectivity index (χ3v) is 7.84. The molecule has 2 aromatic heterocycles. The maximum absolute atomic E-state index is 15.4. The van der Waals surface area contributed by atoms with Crippen LogP contribution in [0.25, 0.3) is 21.9 Å². The second-order valence-corrected chi connectivity index (χ2v) is 10.4. The van der Waals surface area contributed by atoms with Crippen LogP contribution < -0.4 is 15.6 Å². The van der Waals surface area contributed by atoms with E-state index in [1.165, 1.54) is 6.20 Å². The third-order valence-electron chi connectivity index (χ3n) is 7.48. The number of hydrogen-bond donors (Lipinski definition) is 2. The number of aromatic nitrogens is 3. The predicted molar refractivity (Wildman–Crippen MR) is 142 cm³/mol. The summed E-state index contributed by atoms with van der Waals surface area (Å²) in [7, 11) is 0. The lowest BCUT2D eigenvalue weighted by molar-refractivity contribution is -0.124. The third kappa shape index (κ3) is 3.99. The van der Waals surface area contributed by atoms with Gasteiger partial charge in [0.1, 0.15) is 17.4 Å². The molecule has 9 nitrogen and oxygen atoms in total. The lowest BCUT2D eigenvalue weighted by Gasteiger charge is -2.24. The number of nitrogens with one attached hydrogen (secondary N) is 1. The highest BCUT2D eigenvalue weighted by molar-refractivity contribution is 6.38. The second kappa shape index (κ2) is 9.13. The van der Waals surface area contributed by atoms with E-state index in [9.17, 15) is 19.5 Å². The first kappa shape index (κ1) is 24.4. The number of para-hydroxylation sites is 2. The number of nitrogens with zero attached hydrogens (tertiary/aromatic N) is 4. The number of rotatable bonds is 6. The highest BCUT2D eigenvalue weighted by Crippen LogP contribution is 2.42. The van der Waals surface area contributed by atoms with E-state index in [4.69, 9.17) is 11.6 Å². The van der Waals surface area contributed by atoms with Crippen LogP contribution in [0.4, 0.5) is 10.1 Å². The molecule has 2 atom stereocenters. The van der Waals surface area contributed by atoms with Gasteiger partial charge in [0.15, 0.2) is 0 Å². The van der Waals surface area contributed by atoms with Crippen molar-refractivity contribution in [2.24, 2.45) is 0 Å². The lowest BCUT2D eigenvalue weighted by atomic mass is 10.1. The first-order chi connectivity index (χ1) is 18.2. The topological polar surface area (TPSA) is 109 Å². The van der Waals surface area contributed by atoms with Gasteiger partial charge in [0.25, 0.3) is 0 Å². The molecule has 0 radical (unpaired) electrons. The molecule has 1 amide bonds. The van der Waals surface area contributed by atoms with E-state index in [0.717, 1.165) is 29.9 Å². The number of fused-ring (bicyclic) bond motifs is 2. The van der Waals surface area contributed by atoms with Gasteiger partial charge >= 0.3 is 5.97 Å². The zero-order valence-corrected chi connectivity index (χ0v) is 21.3. The molecule has 2 aliphatic rings. The molecule has 2 aromatic carbocycles. The molecule has 2 fully saturated rings. The van der Waals surface area contributed by atoms with Crippen molar-refractivity contribution in [1.82, 2.24) is 19.4 Å². The minimum Gasteiger partial charge on any atom is -0.477 e. The Labute approximate surface area is 221 Å². The molecule has 3 heterocycles. The first-order valence-corrected chi connectivity index (χ1v) is 12.9. The van der Waals surface area contributed by atoms with Crippen molar-refractivity contribution in [3.63, 3.8) is 0 Å². The molecule has 2 unspecified atom stereocenters. The van der Waals surface area contributed by atoms with E-state index in [1.807, 2.05) is 28.8 Å². The fourth-order valence-electron chi connectivity index (χ4n) is 5.33. The number of hydrogen-bond acceptors (Lipinski definition) is 5. The van der Waals surface area contributed by atoms with Crippen LogP contribution in [0.5, 0.6) is 0 Å². The van der Waals surface area contributed by atoms with Crippen molar-refractivity contribution in [1.29, 1.82) is 0 Å². The summed E-state index contributed by atoms with van der Waals surface area (Å²) in [6.07, 6.45) is 5.19. The fourth-order valence-corrected chi connectivity index (χ4v) is 5.74. The van der Waals surface area contributed by atoms with Crippen LogP contribution in [0.2, 0.25) is 5.02 Å². The van der Waals surface area contributed by atoms with Gasteiger partial charge < -0.3 is 24.5 Å². The quantitative estimate of drug-likeness (QED) is 0.383. The fraction of sp³-hybridized carbons (Fsp3) is 0.333. The van der Waals surface area contributed by atoms with Crippen molar-refractivity contribution < 1.29 is 19.1 Å². The highest BCUT2D eigenvalue weighted by atomic mass is 35.5. The Morgan fingerprint density at radius 1 is 1.24 bits per heavy atom. The normalized spacial score (nSPS) is 18.3. The van der Waals surface area contributed by atoms with Crippen molar-refractivity contribution in [3.05, 3.63) is 69.5 Å². The van der Waals surface area contributed by atoms with Crippen molar-refractivity contribution in [2.45, 2.75) is 44.3 Å². The van der Waals surface area contributed by atoms with E-state index in [1.54, 1.807) is 22.7 Å². The number of halogens is 2. The molecule has 6 rings (SSSR count).